The number of oxime groups is 1. The molecule has 0 radical (unpaired) electrons. The maximum atomic E-state index is 13.1. The van der Waals surface area contributed by atoms with Gasteiger partial charge in [-0.2, -0.15) is 0 Å². The van der Waals surface area contributed by atoms with Crippen LogP contribution in [-0.4, -0.2) is 23.5 Å². The number of aryl methyl sites for hydroxylation is 2. The standard InChI is InChI=1S/C24H18N2O4/c1-15-7-5-9-17(13-15)22(27)26-20-12-4-3-11-19(20)21(23(26)28)25-30-24(29)18-10-6-8-16(2)14-18/h3-14H,1-2H3/b25-21-. The summed E-state index contributed by atoms with van der Waals surface area (Å²) in [6.45, 7) is 3.72. The Labute approximate surface area is 173 Å². The molecule has 148 valence electrons. The largest absolute Gasteiger partial charge is 0.365 e. The highest BCUT2D eigenvalue weighted by molar-refractivity contribution is 6.58. The van der Waals surface area contributed by atoms with E-state index in [-0.39, 0.29) is 5.71 Å². The summed E-state index contributed by atoms with van der Waals surface area (Å²) in [6.07, 6.45) is 0. The van der Waals surface area contributed by atoms with Gasteiger partial charge in [0.15, 0.2) is 5.71 Å². The van der Waals surface area contributed by atoms with Gasteiger partial charge in [-0.25, -0.2) is 9.69 Å². The predicted octanol–water partition coefficient (Wildman–Crippen LogP) is 4.05. The van der Waals surface area contributed by atoms with Crippen LogP contribution in [0.25, 0.3) is 0 Å². The SMILES string of the molecule is Cc1cccc(C(=O)O/N=C2\C(=O)N(C(=O)c3cccc(C)c3)c3ccccc32)c1. The number of carbonyl (C=O) groups is 3. The zero-order valence-electron chi connectivity index (χ0n) is 16.5. The number of imide groups is 1. The van der Waals surface area contributed by atoms with E-state index in [9.17, 15) is 14.4 Å². The van der Waals surface area contributed by atoms with Crippen LogP contribution in [0.3, 0.4) is 0 Å². The third-order valence-electron chi connectivity index (χ3n) is 4.75. The molecular formula is C24H18N2O4. The van der Waals surface area contributed by atoms with Crippen molar-refractivity contribution in [1.29, 1.82) is 0 Å². The Hall–Kier alpha value is -4.06. The molecule has 0 saturated heterocycles. The Morgan fingerprint density at radius 1 is 0.833 bits per heavy atom. The molecule has 0 atom stereocenters. The van der Waals surface area contributed by atoms with E-state index in [4.69, 9.17) is 4.84 Å². The normalized spacial score (nSPS) is 14.0. The number of hydrogen-bond acceptors (Lipinski definition) is 5. The number of amides is 2. The van der Waals surface area contributed by atoms with Crippen molar-refractivity contribution in [3.63, 3.8) is 0 Å². The summed E-state index contributed by atoms with van der Waals surface area (Å²) in [7, 11) is 0. The van der Waals surface area contributed by atoms with Crippen LogP contribution in [0, 0.1) is 13.8 Å². The van der Waals surface area contributed by atoms with E-state index in [1.807, 2.05) is 26.0 Å². The van der Waals surface area contributed by atoms with E-state index < -0.39 is 17.8 Å². The number of carbonyl (C=O) groups excluding carboxylic acids is 3. The van der Waals surface area contributed by atoms with Gasteiger partial charge in [0, 0.05) is 11.1 Å². The molecule has 0 unspecified atom stereocenters. The van der Waals surface area contributed by atoms with Crippen molar-refractivity contribution in [3.05, 3.63) is 101 Å². The fourth-order valence-corrected chi connectivity index (χ4v) is 3.31. The fraction of sp³-hybridized carbons (Fsp3) is 0.0833. The fourth-order valence-electron chi connectivity index (χ4n) is 3.31. The van der Waals surface area contributed by atoms with Gasteiger partial charge in [0.1, 0.15) is 0 Å². The zero-order valence-corrected chi connectivity index (χ0v) is 16.5. The number of hydrogen-bond donors (Lipinski definition) is 0. The van der Waals surface area contributed by atoms with Gasteiger partial charge in [0.05, 0.1) is 11.3 Å². The van der Waals surface area contributed by atoms with Crippen LogP contribution in [0.2, 0.25) is 0 Å². The van der Waals surface area contributed by atoms with E-state index >= 15 is 0 Å². The number of para-hydroxylation sites is 1. The first kappa shape index (κ1) is 19.3. The number of rotatable bonds is 3. The van der Waals surface area contributed by atoms with Crippen molar-refractivity contribution < 1.29 is 19.2 Å². The predicted molar refractivity (Wildman–Crippen MR) is 113 cm³/mol. The lowest BCUT2D eigenvalue weighted by atomic mass is 10.1. The van der Waals surface area contributed by atoms with Crippen molar-refractivity contribution in [3.8, 4) is 0 Å². The first-order valence-corrected chi connectivity index (χ1v) is 9.36. The lowest BCUT2D eigenvalue weighted by Gasteiger charge is -2.15. The van der Waals surface area contributed by atoms with Crippen LogP contribution in [0.4, 0.5) is 5.69 Å². The maximum Gasteiger partial charge on any atom is 0.365 e. The van der Waals surface area contributed by atoms with Crippen LogP contribution in [0.5, 0.6) is 0 Å². The molecule has 0 saturated carbocycles. The molecule has 3 aromatic carbocycles. The van der Waals surface area contributed by atoms with E-state index in [1.54, 1.807) is 60.7 Å². The lowest BCUT2D eigenvalue weighted by molar-refractivity contribution is -0.111. The summed E-state index contributed by atoms with van der Waals surface area (Å²) in [4.78, 5) is 44.5. The highest BCUT2D eigenvalue weighted by Gasteiger charge is 2.39. The molecule has 1 heterocycles. The van der Waals surface area contributed by atoms with E-state index in [0.29, 0.717) is 22.4 Å². The van der Waals surface area contributed by atoms with Crippen molar-refractivity contribution in [2.75, 3.05) is 4.90 Å². The third-order valence-corrected chi connectivity index (χ3v) is 4.75. The highest BCUT2D eigenvalue weighted by atomic mass is 16.7. The van der Waals surface area contributed by atoms with Crippen LogP contribution >= 0.6 is 0 Å². The van der Waals surface area contributed by atoms with Gasteiger partial charge in [-0.05, 0) is 44.2 Å². The van der Waals surface area contributed by atoms with Gasteiger partial charge in [-0.3, -0.25) is 9.59 Å². The number of fused-ring (bicyclic) bond motifs is 1. The molecule has 3 aromatic rings. The average molecular weight is 398 g/mol. The number of benzene rings is 3. The summed E-state index contributed by atoms with van der Waals surface area (Å²) in [5.74, 6) is -1.79. The van der Waals surface area contributed by atoms with E-state index in [2.05, 4.69) is 5.16 Å². The maximum absolute atomic E-state index is 13.1. The molecular weight excluding hydrogens is 380 g/mol. The Kier molecular flexibility index (Phi) is 4.98. The number of anilines is 1. The van der Waals surface area contributed by atoms with Gasteiger partial charge >= 0.3 is 5.97 Å². The second kappa shape index (κ2) is 7.75. The van der Waals surface area contributed by atoms with Gasteiger partial charge in [-0.15, -0.1) is 0 Å². The van der Waals surface area contributed by atoms with E-state index in [1.165, 1.54) is 0 Å². The first-order valence-electron chi connectivity index (χ1n) is 9.36. The lowest BCUT2D eigenvalue weighted by Crippen LogP contribution is -2.36. The average Bonchev–Trinajstić information content (AvgIpc) is 3.02. The van der Waals surface area contributed by atoms with Crippen LogP contribution in [0.15, 0.2) is 78.0 Å². The second-order valence-corrected chi connectivity index (χ2v) is 7.02. The molecule has 0 N–H and O–H groups in total. The Bertz CT molecular complexity index is 1210. The van der Waals surface area contributed by atoms with Crippen molar-refractivity contribution in [1.82, 2.24) is 0 Å². The van der Waals surface area contributed by atoms with Crippen LogP contribution in [0.1, 0.15) is 37.4 Å². The summed E-state index contributed by atoms with van der Waals surface area (Å²) in [5.41, 5.74) is 3.26. The molecule has 1 aliphatic rings. The molecule has 1 aliphatic heterocycles. The molecule has 0 spiro atoms. The smallest absolute Gasteiger partial charge is 0.312 e. The molecule has 0 aromatic heterocycles. The van der Waals surface area contributed by atoms with Gasteiger partial charge in [0.25, 0.3) is 11.8 Å². The molecule has 0 aliphatic carbocycles. The van der Waals surface area contributed by atoms with Gasteiger partial charge < -0.3 is 4.84 Å². The van der Waals surface area contributed by atoms with Gasteiger partial charge in [0.2, 0.25) is 0 Å². The van der Waals surface area contributed by atoms with Crippen LogP contribution in [-0.2, 0) is 9.63 Å². The quantitative estimate of drug-likeness (QED) is 0.379. The summed E-state index contributed by atoms with van der Waals surface area (Å²) in [6, 6.07) is 20.6. The molecule has 6 heteroatoms. The molecule has 4 rings (SSSR count). The highest BCUT2D eigenvalue weighted by Crippen LogP contribution is 2.31. The summed E-state index contributed by atoms with van der Waals surface area (Å²) < 4.78 is 0. The zero-order chi connectivity index (χ0) is 21.3. The van der Waals surface area contributed by atoms with E-state index in [0.717, 1.165) is 16.0 Å². The summed E-state index contributed by atoms with van der Waals surface area (Å²) >= 11 is 0. The van der Waals surface area contributed by atoms with Crippen LogP contribution < -0.4 is 4.90 Å². The molecule has 2 amide bonds. The Balaban J connectivity index is 1.67. The third kappa shape index (κ3) is 3.51. The minimum Gasteiger partial charge on any atom is -0.312 e. The second-order valence-electron chi connectivity index (χ2n) is 7.02. The molecule has 0 fully saturated rings. The topological polar surface area (TPSA) is 76.0 Å². The molecule has 30 heavy (non-hydrogen) atoms. The Morgan fingerprint density at radius 2 is 1.47 bits per heavy atom. The van der Waals surface area contributed by atoms with Crippen molar-refractivity contribution in [2.24, 2.45) is 5.16 Å². The minimum absolute atomic E-state index is 0.0902. The Morgan fingerprint density at radius 3 is 2.17 bits per heavy atom. The first-order chi connectivity index (χ1) is 14.5. The van der Waals surface area contributed by atoms with Gasteiger partial charge in [-0.1, -0.05) is 58.7 Å². The molecule has 0 bridgehead atoms. The summed E-state index contributed by atoms with van der Waals surface area (Å²) in [5, 5.41) is 3.82. The monoisotopic (exact) mass is 398 g/mol. The van der Waals surface area contributed by atoms with Crippen molar-refractivity contribution >= 4 is 29.2 Å². The number of nitrogens with zero attached hydrogens (tertiary/aromatic N) is 2. The molecule has 6 nitrogen and oxygen atoms in total. The minimum atomic E-state index is -0.681. The van der Waals surface area contributed by atoms with Crippen molar-refractivity contribution in [2.45, 2.75) is 13.8 Å².